The van der Waals surface area contributed by atoms with Gasteiger partial charge < -0.3 is 4.90 Å². The van der Waals surface area contributed by atoms with Crippen LogP contribution in [-0.2, 0) is 17.8 Å². The predicted molar refractivity (Wildman–Crippen MR) is 116 cm³/mol. The van der Waals surface area contributed by atoms with Crippen molar-refractivity contribution in [3.63, 3.8) is 0 Å². The molecule has 154 valence electrons. The van der Waals surface area contributed by atoms with Crippen molar-refractivity contribution in [1.29, 1.82) is 0 Å². The summed E-state index contributed by atoms with van der Waals surface area (Å²) in [6, 6.07) is 18.9. The highest BCUT2D eigenvalue weighted by Gasteiger charge is 2.29. The first-order chi connectivity index (χ1) is 14.6. The van der Waals surface area contributed by atoms with E-state index >= 15 is 0 Å². The molecule has 1 saturated heterocycles. The highest BCUT2D eigenvalue weighted by molar-refractivity contribution is 5.80. The molecule has 0 spiro atoms. The lowest BCUT2D eigenvalue weighted by Crippen LogP contribution is -2.34. The van der Waals surface area contributed by atoms with Crippen molar-refractivity contribution < 1.29 is 9.18 Å². The summed E-state index contributed by atoms with van der Waals surface area (Å²) in [7, 11) is 1.87. The van der Waals surface area contributed by atoms with Gasteiger partial charge in [0.2, 0.25) is 5.91 Å². The number of likely N-dealkylation sites (N-methyl/N-ethyl adjacent to an activating group) is 1. The molecule has 1 aliphatic heterocycles. The molecule has 0 N–H and O–H groups in total. The van der Waals surface area contributed by atoms with E-state index in [0.717, 1.165) is 28.8 Å². The maximum atomic E-state index is 13.6. The molecule has 1 fully saturated rings. The highest BCUT2D eigenvalue weighted by atomic mass is 19.1. The SMILES string of the molecule is CN1CCN(Cc2cccc(F)c2)CC(Cc2ccccc2-c2ccncc2)C1=O. The normalized spacial score (nSPS) is 17.7. The van der Waals surface area contributed by atoms with Gasteiger partial charge in [0.25, 0.3) is 0 Å². The van der Waals surface area contributed by atoms with Crippen LogP contribution in [0.4, 0.5) is 4.39 Å². The molecule has 0 bridgehead atoms. The van der Waals surface area contributed by atoms with E-state index in [1.807, 2.05) is 42.3 Å². The summed E-state index contributed by atoms with van der Waals surface area (Å²) in [5.74, 6) is -0.200. The molecule has 4 rings (SSSR count). The highest BCUT2D eigenvalue weighted by Crippen LogP contribution is 2.27. The van der Waals surface area contributed by atoms with E-state index in [0.29, 0.717) is 26.1 Å². The van der Waals surface area contributed by atoms with Crippen molar-refractivity contribution >= 4 is 5.91 Å². The van der Waals surface area contributed by atoms with Gasteiger partial charge in [-0.05, 0) is 52.9 Å². The summed E-state index contributed by atoms with van der Waals surface area (Å²) in [6.45, 7) is 2.75. The molecule has 3 aromatic rings. The van der Waals surface area contributed by atoms with E-state index in [9.17, 15) is 9.18 Å². The number of halogens is 1. The van der Waals surface area contributed by atoms with Gasteiger partial charge in [0.1, 0.15) is 5.82 Å². The third-order valence-corrected chi connectivity index (χ3v) is 5.73. The second-order valence-electron chi connectivity index (χ2n) is 7.92. The zero-order valence-corrected chi connectivity index (χ0v) is 17.2. The molecular formula is C25H26FN3O. The molecule has 1 aromatic heterocycles. The third-order valence-electron chi connectivity index (χ3n) is 5.73. The van der Waals surface area contributed by atoms with Gasteiger partial charge in [0.05, 0.1) is 5.92 Å². The minimum absolute atomic E-state index is 0.144. The van der Waals surface area contributed by atoms with Crippen molar-refractivity contribution in [2.75, 3.05) is 26.7 Å². The van der Waals surface area contributed by atoms with Crippen molar-refractivity contribution in [2.45, 2.75) is 13.0 Å². The number of pyridine rings is 1. The second kappa shape index (κ2) is 9.18. The summed E-state index contributed by atoms with van der Waals surface area (Å²) in [4.78, 5) is 21.3. The van der Waals surface area contributed by atoms with Crippen LogP contribution in [0.5, 0.6) is 0 Å². The fourth-order valence-electron chi connectivity index (χ4n) is 4.16. The molecule has 5 heteroatoms. The summed E-state index contributed by atoms with van der Waals surface area (Å²) in [5, 5.41) is 0. The minimum atomic E-state index is -0.224. The quantitative estimate of drug-likeness (QED) is 0.646. The molecule has 2 heterocycles. The molecule has 30 heavy (non-hydrogen) atoms. The number of nitrogens with zero attached hydrogens (tertiary/aromatic N) is 3. The van der Waals surface area contributed by atoms with Crippen LogP contribution in [0.1, 0.15) is 11.1 Å². The van der Waals surface area contributed by atoms with E-state index in [2.05, 4.69) is 22.0 Å². The number of aromatic nitrogens is 1. The average molecular weight is 404 g/mol. The molecule has 1 unspecified atom stereocenters. The van der Waals surface area contributed by atoms with Gasteiger partial charge in [-0.1, -0.05) is 36.4 Å². The number of carbonyl (C=O) groups is 1. The maximum Gasteiger partial charge on any atom is 0.227 e. The molecule has 1 aliphatic rings. The van der Waals surface area contributed by atoms with E-state index in [-0.39, 0.29) is 17.6 Å². The van der Waals surface area contributed by atoms with Gasteiger partial charge in [-0.15, -0.1) is 0 Å². The zero-order valence-electron chi connectivity index (χ0n) is 17.2. The zero-order chi connectivity index (χ0) is 20.9. The molecule has 0 saturated carbocycles. The van der Waals surface area contributed by atoms with Crippen LogP contribution >= 0.6 is 0 Å². The third kappa shape index (κ3) is 4.74. The summed E-state index contributed by atoms with van der Waals surface area (Å²) in [6.07, 6.45) is 4.25. The van der Waals surface area contributed by atoms with Crippen molar-refractivity contribution in [3.8, 4) is 11.1 Å². The molecule has 0 aliphatic carbocycles. The number of benzene rings is 2. The Morgan fingerprint density at radius 1 is 1.03 bits per heavy atom. The van der Waals surface area contributed by atoms with Crippen molar-refractivity contribution in [2.24, 2.45) is 5.92 Å². The molecule has 2 aromatic carbocycles. The first-order valence-electron chi connectivity index (χ1n) is 10.3. The lowest BCUT2D eigenvalue weighted by molar-refractivity contribution is -0.133. The lowest BCUT2D eigenvalue weighted by atomic mass is 9.91. The smallest absolute Gasteiger partial charge is 0.227 e. The molecule has 1 atom stereocenters. The standard InChI is InChI=1S/C25H26FN3O/c1-28-13-14-29(17-19-5-4-7-23(26)15-19)18-22(25(28)30)16-21-6-2-3-8-24(21)20-9-11-27-12-10-20/h2-12,15,22H,13-14,16-18H2,1H3. The topological polar surface area (TPSA) is 36.4 Å². The van der Waals surface area contributed by atoms with Crippen LogP contribution in [0, 0.1) is 11.7 Å². The summed E-state index contributed by atoms with van der Waals surface area (Å²) in [5.41, 5.74) is 4.33. The van der Waals surface area contributed by atoms with Gasteiger partial charge in [0, 0.05) is 45.6 Å². The van der Waals surface area contributed by atoms with Gasteiger partial charge >= 0.3 is 0 Å². The van der Waals surface area contributed by atoms with Gasteiger partial charge in [-0.25, -0.2) is 4.39 Å². The Labute approximate surface area is 177 Å². The minimum Gasteiger partial charge on any atom is -0.344 e. The number of hydrogen-bond acceptors (Lipinski definition) is 3. The Morgan fingerprint density at radius 2 is 1.83 bits per heavy atom. The number of hydrogen-bond donors (Lipinski definition) is 0. The Balaban J connectivity index is 1.57. The predicted octanol–water partition coefficient (Wildman–Crippen LogP) is 4.02. The van der Waals surface area contributed by atoms with Crippen LogP contribution in [0.2, 0.25) is 0 Å². The van der Waals surface area contributed by atoms with Crippen LogP contribution in [0.15, 0.2) is 73.1 Å². The first-order valence-corrected chi connectivity index (χ1v) is 10.3. The molecule has 0 radical (unpaired) electrons. The molecular weight excluding hydrogens is 377 g/mol. The number of carbonyl (C=O) groups excluding carboxylic acids is 1. The van der Waals surface area contributed by atoms with E-state index in [4.69, 9.17) is 0 Å². The van der Waals surface area contributed by atoms with E-state index in [1.165, 1.54) is 6.07 Å². The average Bonchev–Trinajstić information content (AvgIpc) is 2.89. The maximum absolute atomic E-state index is 13.6. The monoisotopic (exact) mass is 403 g/mol. The second-order valence-corrected chi connectivity index (χ2v) is 7.92. The number of amides is 1. The Hall–Kier alpha value is -3.05. The van der Waals surface area contributed by atoms with Gasteiger partial charge in [-0.2, -0.15) is 0 Å². The number of rotatable bonds is 5. The fourth-order valence-corrected chi connectivity index (χ4v) is 4.16. The lowest BCUT2D eigenvalue weighted by Gasteiger charge is -2.24. The molecule has 4 nitrogen and oxygen atoms in total. The van der Waals surface area contributed by atoms with Gasteiger partial charge in [0.15, 0.2) is 0 Å². The first kappa shape index (κ1) is 20.2. The Kier molecular flexibility index (Phi) is 6.19. The van der Waals surface area contributed by atoms with Crippen LogP contribution < -0.4 is 0 Å². The molecule has 1 amide bonds. The summed E-state index contributed by atoms with van der Waals surface area (Å²) < 4.78 is 13.6. The van der Waals surface area contributed by atoms with E-state index < -0.39 is 0 Å². The van der Waals surface area contributed by atoms with Crippen molar-refractivity contribution in [3.05, 3.63) is 90.0 Å². The van der Waals surface area contributed by atoms with Crippen LogP contribution in [0.3, 0.4) is 0 Å². The van der Waals surface area contributed by atoms with Crippen LogP contribution in [-0.4, -0.2) is 47.4 Å². The van der Waals surface area contributed by atoms with Crippen LogP contribution in [0.25, 0.3) is 11.1 Å². The Morgan fingerprint density at radius 3 is 2.63 bits per heavy atom. The summed E-state index contributed by atoms with van der Waals surface area (Å²) >= 11 is 0. The van der Waals surface area contributed by atoms with Crippen molar-refractivity contribution in [1.82, 2.24) is 14.8 Å². The van der Waals surface area contributed by atoms with Gasteiger partial charge in [-0.3, -0.25) is 14.7 Å². The fraction of sp³-hybridized carbons (Fsp3) is 0.280. The van der Waals surface area contributed by atoms with E-state index in [1.54, 1.807) is 24.5 Å². The Bertz CT molecular complexity index is 1010. The largest absolute Gasteiger partial charge is 0.344 e.